The van der Waals surface area contributed by atoms with E-state index in [1.807, 2.05) is 32.2 Å². The molecule has 1 N–H and O–H groups in total. The molecule has 0 aliphatic carbocycles. The van der Waals surface area contributed by atoms with Crippen molar-refractivity contribution >= 4 is 17.0 Å². The van der Waals surface area contributed by atoms with Gasteiger partial charge >= 0.3 is 5.97 Å². The zero-order chi connectivity index (χ0) is 27.0. The molecule has 1 aliphatic heterocycles. The molecule has 0 spiro atoms. The van der Waals surface area contributed by atoms with Crippen LogP contribution in [0.1, 0.15) is 59.6 Å². The summed E-state index contributed by atoms with van der Waals surface area (Å²) < 4.78 is 8.06. The first kappa shape index (κ1) is 25.9. The molecule has 0 fully saturated rings. The summed E-state index contributed by atoms with van der Waals surface area (Å²) in [5.74, 6) is -0.767. The Kier molecular flexibility index (Phi) is 7.21. The number of aryl methyl sites for hydroxylation is 3. The summed E-state index contributed by atoms with van der Waals surface area (Å²) in [5, 5.41) is 18.6. The smallest absolute Gasteiger partial charge is 0.307 e. The van der Waals surface area contributed by atoms with E-state index in [2.05, 4.69) is 65.5 Å². The van der Waals surface area contributed by atoms with Gasteiger partial charge < -0.3 is 9.84 Å². The van der Waals surface area contributed by atoms with Crippen LogP contribution < -0.4 is 4.74 Å². The maximum Gasteiger partial charge on any atom is 0.307 e. The maximum atomic E-state index is 12.3. The normalized spacial score (nSPS) is 17.4. The van der Waals surface area contributed by atoms with E-state index in [4.69, 9.17) is 4.74 Å². The third kappa shape index (κ3) is 4.90. The van der Waals surface area contributed by atoms with Gasteiger partial charge in [0.15, 0.2) is 0 Å². The molecular weight excluding hydrogens is 476 g/mol. The molecule has 3 aromatic carbocycles. The van der Waals surface area contributed by atoms with Crippen molar-refractivity contribution in [2.24, 2.45) is 13.0 Å². The number of ether oxygens (including phenoxy) is 1. The Balaban J connectivity index is 1.53. The van der Waals surface area contributed by atoms with Crippen molar-refractivity contribution in [3.05, 3.63) is 88.0 Å². The molecule has 4 aromatic rings. The second kappa shape index (κ2) is 10.6. The van der Waals surface area contributed by atoms with Crippen LogP contribution in [-0.2, 0) is 24.9 Å². The first-order valence-electron chi connectivity index (χ1n) is 13.3. The lowest BCUT2D eigenvalue weighted by Crippen LogP contribution is -2.32. The van der Waals surface area contributed by atoms with Gasteiger partial charge in [0.05, 0.1) is 11.4 Å². The maximum absolute atomic E-state index is 12.3. The van der Waals surface area contributed by atoms with Crippen LogP contribution in [-0.4, -0.2) is 43.6 Å². The minimum Gasteiger partial charge on any atom is -0.489 e. The van der Waals surface area contributed by atoms with Crippen molar-refractivity contribution in [1.29, 1.82) is 0 Å². The largest absolute Gasteiger partial charge is 0.489 e. The third-order valence-corrected chi connectivity index (χ3v) is 8.01. The molecule has 38 heavy (non-hydrogen) atoms. The van der Waals surface area contributed by atoms with E-state index >= 15 is 0 Å². The molecule has 0 saturated heterocycles. The zero-order valence-electron chi connectivity index (χ0n) is 22.8. The molecule has 7 heteroatoms. The summed E-state index contributed by atoms with van der Waals surface area (Å²) in [7, 11) is 1.87. The van der Waals surface area contributed by atoms with E-state index in [0.717, 1.165) is 59.5 Å². The fraction of sp³-hybridized carbons (Fsp3) is 0.387. The van der Waals surface area contributed by atoms with E-state index in [-0.39, 0.29) is 12.0 Å². The highest BCUT2D eigenvalue weighted by molar-refractivity contribution is 5.80. The average molecular weight is 513 g/mol. The van der Waals surface area contributed by atoms with Gasteiger partial charge in [-0.3, -0.25) is 9.69 Å². The number of hydrogen-bond acceptors (Lipinski definition) is 5. The molecular formula is C31H36N4O3. The molecule has 2 heterocycles. The fourth-order valence-electron chi connectivity index (χ4n) is 5.65. The average Bonchev–Trinajstić information content (AvgIpc) is 3.18. The molecule has 0 amide bonds. The van der Waals surface area contributed by atoms with Crippen LogP contribution in [0.4, 0.5) is 0 Å². The van der Waals surface area contributed by atoms with Crippen LogP contribution in [0.25, 0.3) is 11.0 Å². The first-order valence-corrected chi connectivity index (χ1v) is 13.3. The van der Waals surface area contributed by atoms with Crippen molar-refractivity contribution < 1.29 is 14.6 Å². The third-order valence-electron chi connectivity index (χ3n) is 8.01. The predicted molar refractivity (Wildman–Crippen MR) is 148 cm³/mol. The minimum atomic E-state index is -0.817. The van der Waals surface area contributed by atoms with Crippen LogP contribution in [0.2, 0.25) is 0 Å². The summed E-state index contributed by atoms with van der Waals surface area (Å²) in [6.45, 7) is 10.5. The summed E-state index contributed by atoms with van der Waals surface area (Å²) in [5.41, 5.74) is 8.31. The molecule has 0 bridgehead atoms. The molecule has 7 nitrogen and oxygen atoms in total. The molecule has 1 aromatic heterocycles. The Morgan fingerprint density at radius 3 is 2.71 bits per heavy atom. The van der Waals surface area contributed by atoms with Gasteiger partial charge in [0, 0.05) is 38.2 Å². The number of carboxylic acid groups (broad SMARTS) is 1. The second-order valence-electron chi connectivity index (χ2n) is 10.6. The van der Waals surface area contributed by atoms with Crippen molar-refractivity contribution in [2.45, 2.75) is 59.2 Å². The van der Waals surface area contributed by atoms with Crippen molar-refractivity contribution in [1.82, 2.24) is 19.9 Å². The summed E-state index contributed by atoms with van der Waals surface area (Å²) >= 11 is 0. The van der Waals surface area contributed by atoms with Crippen LogP contribution in [0.5, 0.6) is 5.75 Å². The fourth-order valence-corrected chi connectivity index (χ4v) is 5.65. The number of fused-ring (bicyclic) bond motifs is 2. The van der Waals surface area contributed by atoms with Gasteiger partial charge in [0.1, 0.15) is 17.4 Å². The second-order valence-corrected chi connectivity index (χ2v) is 10.6. The van der Waals surface area contributed by atoms with Gasteiger partial charge in [-0.2, -0.15) is 0 Å². The number of rotatable bonds is 7. The zero-order valence-corrected chi connectivity index (χ0v) is 22.8. The molecule has 0 radical (unpaired) electrons. The van der Waals surface area contributed by atoms with Gasteiger partial charge in [-0.25, -0.2) is 4.68 Å². The molecule has 0 unspecified atom stereocenters. The van der Waals surface area contributed by atoms with Crippen molar-refractivity contribution in [2.75, 3.05) is 6.54 Å². The van der Waals surface area contributed by atoms with Crippen LogP contribution in [0.15, 0.2) is 54.6 Å². The first-order chi connectivity index (χ1) is 18.3. The van der Waals surface area contributed by atoms with Gasteiger partial charge in [-0.1, -0.05) is 61.5 Å². The Hall–Kier alpha value is -3.71. The Labute approximate surface area is 224 Å². The number of para-hydroxylation sites is 1. The van der Waals surface area contributed by atoms with E-state index in [0.29, 0.717) is 0 Å². The lowest BCUT2D eigenvalue weighted by Gasteiger charge is -2.27. The van der Waals surface area contributed by atoms with Crippen molar-refractivity contribution in [3.63, 3.8) is 0 Å². The minimum absolute atomic E-state index is 0.128. The van der Waals surface area contributed by atoms with E-state index in [9.17, 15) is 9.90 Å². The van der Waals surface area contributed by atoms with Gasteiger partial charge in [-0.05, 0) is 60.2 Å². The summed E-state index contributed by atoms with van der Waals surface area (Å²) in [4.78, 5) is 14.7. The van der Waals surface area contributed by atoms with Gasteiger partial charge in [-0.15, -0.1) is 5.10 Å². The number of aliphatic carboxylic acids is 1. The van der Waals surface area contributed by atoms with Gasteiger partial charge in [0.25, 0.3) is 0 Å². The van der Waals surface area contributed by atoms with Crippen LogP contribution >= 0.6 is 0 Å². The molecule has 0 saturated carbocycles. The quantitative estimate of drug-likeness (QED) is 0.347. The lowest BCUT2D eigenvalue weighted by molar-refractivity contribution is -0.141. The molecule has 5 rings (SSSR count). The monoisotopic (exact) mass is 512 g/mol. The highest BCUT2D eigenvalue weighted by atomic mass is 16.5. The topological polar surface area (TPSA) is 80.5 Å². The van der Waals surface area contributed by atoms with Crippen LogP contribution in [0.3, 0.4) is 0 Å². The van der Waals surface area contributed by atoms with E-state index in [1.165, 1.54) is 16.7 Å². The molecule has 3 atom stereocenters. The molecule has 198 valence electrons. The lowest BCUT2D eigenvalue weighted by atomic mass is 9.79. The number of aromatic nitrogens is 3. The van der Waals surface area contributed by atoms with Crippen molar-refractivity contribution in [3.8, 4) is 5.75 Å². The highest BCUT2D eigenvalue weighted by Crippen LogP contribution is 2.37. The highest BCUT2D eigenvalue weighted by Gasteiger charge is 2.30. The summed E-state index contributed by atoms with van der Waals surface area (Å²) in [6.07, 6.45) is 1.06. The number of carbonyl (C=O) groups is 1. The summed E-state index contributed by atoms with van der Waals surface area (Å²) in [6, 6.07) is 18.7. The SMILES string of the molecule is CC[C@@H]1CN(Cc2cc([C@H](c3ccc4c(nnn4C)c3C)[C@H](C)C(=O)O)ccc2C)Cc2ccccc2O1. The van der Waals surface area contributed by atoms with E-state index < -0.39 is 11.9 Å². The van der Waals surface area contributed by atoms with Gasteiger partial charge in [0.2, 0.25) is 0 Å². The molecule has 1 aliphatic rings. The predicted octanol–water partition coefficient (Wildman–Crippen LogP) is 5.61. The number of hydrogen-bond donors (Lipinski definition) is 1. The Bertz CT molecular complexity index is 1480. The van der Waals surface area contributed by atoms with E-state index in [1.54, 1.807) is 11.6 Å². The Morgan fingerprint density at radius 1 is 1.16 bits per heavy atom. The van der Waals surface area contributed by atoms with Crippen LogP contribution in [0, 0.1) is 19.8 Å². The Morgan fingerprint density at radius 2 is 1.95 bits per heavy atom. The number of carboxylic acids is 1. The standard InChI is InChI=1S/C31H36N4O3/c1-6-25-18-35(16-23-9-7-8-10-28(23)38-25)17-24-15-22(12-11-19(24)2)29(21(4)31(36)37)26-13-14-27-30(20(26)3)32-33-34(27)5/h7-15,21,25,29H,6,16-18H2,1-5H3,(H,36,37)/t21-,25+,29+/m0/s1. The number of nitrogens with zero attached hydrogens (tertiary/aromatic N) is 4. The number of benzene rings is 3.